The maximum Gasteiger partial charge on any atom is 0.310 e. The highest BCUT2D eigenvalue weighted by Gasteiger charge is 2.61. The van der Waals surface area contributed by atoms with Crippen molar-refractivity contribution in [1.82, 2.24) is 0 Å². The number of carbonyl (C=O) groups excluding carboxylic acids is 1. The summed E-state index contributed by atoms with van der Waals surface area (Å²) in [5.41, 5.74) is 0. The van der Waals surface area contributed by atoms with Gasteiger partial charge in [-0.3, -0.25) is 4.79 Å². The standard InChI is InChI=1S/C9H13ClO4S/c1-14-9(11)7-5-3-2-4-6(5)8(7)15(10,12)13/h5-8H,2-4H2,1H3/t5-,6+,7-,8-/m0/s1. The van der Waals surface area contributed by atoms with Crippen LogP contribution < -0.4 is 0 Å². The highest BCUT2D eigenvalue weighted by molar-refractivity contribution is 8.14. The summed E-state index contributed by atoms with van der Waals surface area (Å²) in [5, 5.41) is -0.723. The van der Waals surface area contributed by atoms with Gasteiger partial charge in [0.15, 0.2) is 0 Å². The lowest BCUT2D eigenvalue weighted by molar-refractivity contribution is -0.153. The Labute approximate surface area is 93.4 Å². The lowest BCUT2D eigenvalue weighted by Gasteiger charge is -2.44. The molecule has 0 heterocycles. The van der Waals surface area contributed by atoms with Crippen LogP contribution in [-0.2, 0) is 18.6 Å². The van der Waals surface area contributed by atoms with E-state index in [9.17, 15) is 13.2 Å². The van der Waals surface area contributed by atoms with E-state index in [-0.39, 0.29) is 11.8 Å². The summed E-state index contributed by atoms with van der Waals surface area (Å²) in [7, 11) is 2.99. The monoisotopic (exact) mass is 252 g/mol. The zero-order valence-corrected chi connectivity index (χ0v) is 9.92. The van der Waals surface area contributed by atoms with Gasteiger partial charge in [0.2, 0.25) is 9.05 Å². The zero-order chi connectivity index (χ0) is 11.2. The van der Waals surface area contributed by atoms with Crippen LogP contribution in [0.15, 0.2) is 0 Å². The van der Waals surface area contributed by atoms with Crippen molar-refractivity contribution in [2.75, 3.05) is 7.11 Å². The third kappa shape index (κ3) is 1.65. The summed E-state index contributed by atoms with van der Waals surface area (Å²) < 4.78 is 27.3. The van der Waals surface area contributed by atoms with Gasteiger partial charge in [0.1, 0.15) is 0 Å². The van der Waals surface area contributed by atoms with Crippen molar-refractivity contribution in [3.05, 3.63) is 0 Å². The molecule has 86 valence electrons. The van der Waals surface area contributed by atoms with E-state index in [0.717, 1.165) is 19.3 Å². The van der Waals surface area contributed by atoms with Crippen LogP contribution in [0.5, 0.6) is 0 Å². The SMILES string of the molecule is COC(=O)[C@H]1[C@H]2CCC[C@H]2[C@@H]1S(=O)(=O)Cl. The van der Waals surface area contributed by atoms with Crippen molar-refractivity contribution < 1.29 is 17.9 Å². The van der Waals surface area contributed by atoms with Crippen LogP contribution in [0.4, 0.5) is 0 Å². The quantitative estimate of drug-likeness (QED) is 0.546. The molecule has 2 saturated carbocycles. The second kappa shape index (κ2) is 3.63. The second-order valence-corrected chi connectivity index (χ2v) is 7.03. The summed E-state index contributed by atoms with van der Waals surface area (Å²) in [6, 6.07) is 0. The van der Waals surface area contributed by atoms with Crippen molar-refractivity contribution in [3.8, 4) is 0 Å². The van der Waals surface area contributed by atoms with Gasteiger partial charge in [-0.15, -0.1) is 0 Å². The topological polar surface area (TPSA) is 60.4 Å². The van der Waals surface area contributed by atoms with Gasteiger partial charge in [0.05, 0.1) is 18.3 Å². The molecule has 2 aliphatic rings. The van der Waals surface area contributed by atoms with Gasteiger partial charge in [-0.25, -0.2) is 8.42 Å². The highest BCUT2D eigenvalue weighted by Crippen LogP contribution is 2.55. The molecule has 4 nitrogen and oxygen atoms in total. The van der Waals surface area contributed by atoms with Crippen LogP contribution in [0.25, 0.3) is 0 Å². The first-order valence-electron chi connectivity index (χ1n) is 4.98. The number of hydrogen-bond acceptors (Lipinski definition) is 4. The molecule has 4 atom stereocenters. The molecule has 0 amide bonds. The fourth-order valence-corrected chi connectivity index (χ4v) is 5.21. The molecule has 0 unspecified atom stereocenters. The Morgan fingerprint density at radius 1 is 1.33 bits per heavy atom. The van der Waals surface area contributed by atoms with Crippen molar-refractivity contribution in [3.63, 3.8) is 0 Å². The average Bonchev–Trinajstić information content (AvgIpc) is 2.46. The lowest BCUT2D eigenvalue weighted by atomic mass is 9.66. The largest absolute Gasteiger partial charge is 0.469 e. The van der Waals surface area contributed by atoms with Gasteiger partial charge in [-0.2, -0.15) is 0 Å². The molecular weight excluding hydrogens is 240 g/mol. The van der Waals surface area contributed by atoms with Gasteiger partial charge >= 0.3 is 5.97 Å². The van der Waals surface area contributed by atoms with Gasteiger partial charge in [-0.1, -0.05) is 6.42 Å². The Bertz CT molecular complexity index is 378. The molecule has 6 heteroatoms. The van der Waals surface area contributed by atoms with Crippen LogP contribution in [-0.4, -0.2) is 26.7 Å². The van der Waals surface area contributed by atoms with E-state index >= 15 is 0 Å². The van der Waals surface area contributed by atoms with Gasteiger partial charge in [0.25, 0.3) is 0 Å². The number of hydrogen-bond donors (Lipinski definition) is 0. The van der Waals surface area contributed by atoms with Crippen molar-refractivity contribution >= 4 is 25.7 Å². The predicted octanol–water partition coefficient (Wildman–Crippen LogP) is 1.14. The fourth-order valence-electron chi connectivity index (χ4n) is 3.06. The Kier molecular flexibility index (Phi) is 2.71. The van der Waals surface area contributed by atoms with Crippen LogP contribution in [0, 0.1) is 17.8 Å². The van der Waals surface area contributed by atoms with E-state index in [2.05, 4.69) is 4.74 Å². The minimum atomic E-state index is -3.65. The van der Waals surface area contributed by atoms with Crippen LogP contribution in [0.2, 0.25) is 0 Å². The normalized spacial score (nSPS) is 39.3. The molecule has 15 heavy (non-hydrogen) atoms. The smallest absolute Gasteiger partial charge is 0.310 e. The fraction of sp³-hybridized carbons (Fsp3) is 0.889. The minimum absolute atomic E-state index is 0.0663. The molecule has 0 aromatic rings. The van der Waals surface area contributed by atoms with E-state index in [4.69, 9.17) is 10.7 Å². The molecule has 0 N–H and O–H groups in total. The Morgan fingerprint density at radius 3 is 2.47 bits per heavy atom. The maximum atomic E-state index is 11.4. The van der Waals surface area contributed by atoms with Crippen molar-refractivity contribution in [1.29, 1.82) is 0 Å². The molecular formula is C9H13ClO4S. The molecule has 0 spiro atoms. The van der Waals surface area contributed by atoms with Crippen molar-refractivity contribution in [2.45, 2.75) is 24.5 Å². The molecule has 0 aliphatic heterocycles. The number of esters is 1. The average molecular weight is 253 g/mol. The lowest BCUT2D eigenvalue weighted by Crippen LogP contribution is -2.55. The summed E-state index contributed by atoms with van der Waals surface area (Å²) >= 11 is 0. The molecule has 2 aliphatic carbocycles. The Hall–Kier alpha value is -0.290. The number of ether oxygens (including phenoxy) is 1. The molecule has 2 fully saturated rings. The summed E-state index contributed by atoms with van der Waals surface area (Å²) in [6.45, 7) is 0. The molecule has 0 bridgehead atoms. The predicted molar refractivity (Wildman–Crippen MR) is 54.9 cm³/mol. The van der Waals surface area contributed by atoms with Crippen LogP contribution >= 0.6 is 10.7 Å². The molecule has 0 aromatic carbocycles. The number of rotatable bonds is 2. The zero-order valence-electron chi connectivity index (χ0n) is 8.35. The first-order valence-corrected chi connectivity index (χ1v) is 7.35. The molecule has 0 aromatic heterocycles. The number of fused-ring (bicyclic) bond motifs is 1. The first kappa shape index (κ1) is 11.2. The third-order valence-corrected chi connectivity index (χ3v) is 5.57. The Balaban J connectivity index is 2.25. The van der Waals surface area contributed by atoms with Gasteiger partial charge in [0, 0.05) is 10.7 Å². The number of carbonyl (C=O) groups is 1. The van der Waals surface area contributed by atoms with Crippen LogP contribution in [0.3, 0.4) is 0 Å². The summed E-state index contributed by atoms with van der Waals surface area (Å²) in [4.78, 5) is 11.4. The van der Waals surface area contributed by atoms with E-state index < -0.39 is 26.2 Å². The van der Waals surface area contributed by atoms with E-state index in [1.165, 1.54) is 7.11 Å². The molecule has 0 radical (unpaired) electrons. The number of methoxy groups -OCH3 is 1. The highest BCUT2D eigenvalue weighted by atomic mass is 35.7. The molecule has 0 saturated heterocycles. The summed E-state index contributed by atoms with van der Waals surface area (Å²) in [5.74, 6) is -0.745. The van der Waals surface area contributed by atoms with Gasteiger partial charge in [-0.05, 0) is 24.7 Å². The van der Waals surface area contributed by atoms with E-state index in [1.54, 1.807) is 0 Å². The first-order chi connectivity index (χ1) is 6.96. The van der Waals surface area contributed by atoms with Crippen LogP contribution in [0.1, 0.15) is 19.3 Å². The third-order valence-electron chi connectivity index (χ3n) is 3.66. The summed E-state index contributed by atoms with van der Waals surface area (Å²) in [6.07, 6.45) is 2.74. The minimum Gasteiger partial charge on any atom is -0.469 e. The Morgan fingerprint density at radius 2 is 1.93 bits per heavy atom. The second-order valence-electron chi connectivity index (χ2n) is 4.25. The van der Waals surface area contributed by atoms with E-state index in [0.29, 0.717) is 0 Å². The molecule has 2 rings (SSSR count). The van der Waals surface area contributed by atoms with E-state index in [1.807, 2.05) is 0 Å². The van der Waals surface area contributed by atoms with Crippen molar-refractivity contribution in [2.24, 2.45) is 17.8 Å². The maximum absolute atomic E-state index is 11.4. The van der Waals surface area contributed by atoms with Gasteiger partial charge < -0.3 is 4.74 Å². The number of halogens is 1.